The number of fused-ring (bicyclic) bond motifs is 18. The number of rotatable bonds is 18. The van der Waals surface area contributed by atoms with Gasteiger partial charge in [0, 0.05) is 101 Å². The summed E-state index contributed by atoms with van der Waals surface area (Å²) in [6.07, 6.45) is 17.7. The monoisotopic (exact) mass is 1740 g/mol. The summed E-state index contributed by atoms with van der Waals surface area (Å²) >= 11 is 0. The lowest BCUT2D eigenvalue weighted by Crippen LogP contribution is -2.57. The van der Waals surface area contributed by atoms with Crippen LogP contribution in [0.5, 0.6) is 0 Å². The van der Waals surface area contributed by atoms with E-state index in [2.05, 4.69) is 29.9 Å². The lowest BCUT2D eigenvalue weighted by atomic mass is 9.56. The molecule has 24 rings (SSSR count). The minimum atomic E-state index is -1.07. The molecule has 6 aromatic carbocycles. The van der Waals surface area contributed by atoms with Gasteiger partial charge in [-0.25, -0.2) is 29.9 Å². The summed E-state index contributed by atoms with van der Waals surface area (Å²) < 4.78 is 173. The van der Waals surface area contributed by atoms with Crippen LogP contribution in [-0.4, -0.2) is 205 Å². The normalized spacial score (nSPS) is 28.8. The van der Waals surface area contributed by atoms with Crippen molar-refractivity contribution >= 4 is 0 Å². The van der Waals surface area contributed by atoms with E-state index in [1.165, 1.54) is 0 Å². The van der Waals surface area contributed by atoms with Crippen LogP contribution in [0.25, 0.3) is 67.5 Å². The Hall–Kier alpha value is -10.5. The van der Waals surface area contributed by atoms with E-state index in [0.29, 0.717) is 0 Å². The molecule has 6 fully saturated rings. The molecule has 18 nitrogen and oxygen atoms in total. The van der Waals surface area contributed by atoms with Crippen LogP contribution < -0.4 is 0 Å². The lowest BCUT2D eigenvalue weighted by Gasteiger charge is -2.53. The van der Waals surface area contributed by atoms with E-state index in [1.807, 2.05) is 173 Å². The minimum absolute atomic E-state index is 0.188. The number of alkyl halides is 12. The number of nitrogens with zero attached hydrogens (tertiary/aromatic N) is 12. The quantitative estimate of drug-likeness (QED) is 0.0441. The van der Waals surface area contributed by atoms with Gasteiger partial charge in [-0.2, -0.15) is 0 Å². The standard InChI is InChI=1S/6C16H16F2N2O/c6*17-7-16(8-18)5-13(21)14(16)15-11-4-2-1-3-10(11)12-6-19-9-20(12)15/h6*1-4,6,9,13-15,21H,5,7-8H2/t2*13-,14+,15+;2*13-,14+,15-;2*13-,14-,15-/m101010/s1. The Kier molecular flexibility index (Phi) is 22.2. The molecule has 126 heavy (non-hydrogen) atoms. The van der Waals surface area contributed by atoms with Crippen molar-refractivity contribution in [1.82, 2.24) is 57.3 Å². The highest BCUT2D eigenvalue weighted by Gasteiger charge is 2.65. The van der Waals surface area contributed by atoms with E-state index < -0.39 is 185 Å². The van der Waals surface area contributed by atoms with Crippen molar-refractivity contribution in [2.45, 2.75) is 111 Å². The molecule has 6 aromatic heterocycles. The van der Waals surface area contributed by atoms with Crippen LogP contribution in [-0.2, 0) is 0 Å². The Bertz CT molecular complexity index is 5000. The van der Waals surface area contributed by atoms with Crippen LogP contribution in [0.15, 0.2) is 221 Å². The van der Waals surface area contributed by atoms with Crippen LogP contribution in [0.3, 0.4) is 0 Å². The van der Waals surface area contributed by atoms with Crippen molar-refractivity contribution in [3.8, 4) is 67.5 Å². The summed E-state index contributed by atoms with van der Waals surface area (Å²) in [7, 11) is 0. The van der Waals surface area contributed by atoms with Crippen molar-refractivity contribution in [2.75, 3.05) is 80.1 Å². The Morgan fingerprint density at radius 2 is 0.341 bits per heavy atom. The fourth-order valence-corrected chi connectivity index (χ4v) is 24.2. The van der Waals surface area contributed by atoms with Gasteiger partial charge in [-0.1, -0.05) is 146 Å². The highest BCUT2D eigenvalue weighted by atomic mass is 19.2. The van der Waals surface area contributed by atoms with Crippen molar-refractivity contribution in [1.29, 1.82) is 0 Å². The van der Waals surface area contributed by atoms with E-state index >= 15 is 0 Å². The molecule has 6 aliphatic heterocycles. The zero-order valence-corrected chi connectivity index (χ0v) is 68.5. The van der Waals surface area contributed by atoms with Gasteiger partial charge in [-0.3, -0.25) is 52.7 Å². The molecule has 0 radical (unpaired) electrons. The molecule has 660 valence electrons. The van der Waals surface area contributed by atoms with E-state index in [-0.39, 0.29) is 74.8 Å². The number of halogens is 12. The number of hydrogen-bond acceptors (Lipinski definition) is 12. The molecule has 0 unspecified atom stereocenters. The zero-order chi connectivity index (χ0) is 87.7. The van der Waals surface area contributed by atoms with Gasteiger partial charge in [0.15, 0.2) is 0 Å². The molecule has 0 spiro atoms. The van der Waals surface area contributed by atoms with E-state index in [4.69, 9.17) is 0 Å². The van der Waals surface area contributed by atoms with Gasteiger partial charge < -0.3 is 58.0 Å². The average molecular weight is 1740 g/mol. The second kappa shape index (κ2) is 33.0. The first kappa shape index (κ1) is 85.0. The lowest BCUT2D eigenvalue weighted by molar-refractivity contribution is -0.143. The Morgan fingerprint density at radius 3 is 0.460 bits per heavy atom. The summed E-state index contributed by atoms with van der Waals surface area (Å²) in [5.41, 5.74) is 11.6. The van der Waals surface area contributed by atoms with Crippen LogP contribution in [0, 0.1) is 68.0 Å². The van der Waals surface area contributed by atoms with Crippen molar-refractivity contribution in [2.24, 2.45) is 68.0 Å². The maximum atomic E-state index is 13.5. The van der Waals surface area contributed by atoms with Crippen LogP contribution in [0.2, 0.25) is 0 Å². The van der Waals surface area contributed by atoms with Crippen molar-refractivity contribution < 1.29 is 83.3 Å². The summed E-state index contributed by atoms with van der Waals surface area (Å²) in [5, 5.41) is 61.1. The largest absolute Gasteiger partial charge is 0.393 e. The van der Waals surface area contributed by atoms with Gasteiger partial charge in [0.25, 0.3) is 0 Å². The van der Waals surface area contributed by atoms with Crippen molar-refractivity contribution in [3.05, 3.63) is 254 Å². The fourth-order valence-electron chi connectivity index (χ4n) is 24.2. The molecule has 12 aliphatic rings. The predicted octanol–water partition coefficient (Wildman–Crippen LogP) is 16.6. The number of imidazole rings is 6. The third-order valence-corrected chi connectivity index (χ3v) is 30.8. The van der Waals surface area contributed by atoms with Gasteiger partial charge in [0.05, 0.1) is 262 Å². The molecule has 6 saturated carbocycles. The Balaban J connectivity index is 0.0000000987. The molecule has 0 amide bonds. The fraction of sp³-hybridized carbons (Fsp3) is 0.438. The SMILES string of the molecule is O[C@@H]1CC(CF)(CF)[C@@H]1[C@@H]1c2ccccc2-c2cncn21.O[C@@H]1CC(CF)(CF)[C@@H]1[C@H]1c2ccccc2-c2cncn21.O[C@@H]1CC(CF)(CF)[C@H]1[C@H]1c2ccccc2-c2cncn21.O[C@H]1CC(CF)(CF)[C@@H]1[C@@H]1c2ccccc2-c2cncn21.O[C@H]1CC(CF)(CF)[C@H]1[C@@H]1c2ccccc2-c2cncn21.O[C@H]1CC(CF)(CF)[C@H]1[C@H]1c2ccccc2-c2cncn21. The molecule has 30 heteroatoms. The average Bonchev–Trinajstić information content (AvgIpc) is 1.54. The molecular weight excluding hydrogens is 1650 g/mol. The first-order chi connectivity index (χ1) is 61.3. The summed E-state index contributed by atoms with van der Waals surface area (Å²) in [5.74, 6) is -2.73. The second-order valence-electron chi connectivity index (χ2n) is 36.9. The third-order valence-electron chi connectivity index (χ3n) is 30.8. The summed E-state index contributed by atoms with van der Waals surface area (Å²) in [4.78, 5) is 24.9. The number of aliphatic hydroxyl groups is 6. The van der Waals surface area contributed by atoms with Gasteiger partial charge in [-0.15, -0.1) is 0 Å². The first-order valence-electron chi connectivity index (χ1n) is 42.8. The molecular formula is C96H96F12N12O6. The molecule has 6 aliphatic carbocycles. The van der Waals surface area contributed by atoms with Gasteiger partial charge >= 0.3 is 0 Å². The van der Waals surface area contributed by atoms with E-state index in [9.17, 15) is 83.3 Å². The number of aliphatic hydroxyl groups excluding tert-OH is 6. The minimum Gasteiger partial charge on any atom is -0.393 e. The Labute approximate surface area is 718 Å². The van der Waals surface area contributed by atoms with E-state index in [1.54, 1.807) is 75.1 Å². The van der Waals surface area contributed by atoms with Crippen LogP contribution >= 0.6 is 0 Å². The van der Waals surface area contributed by atoms with Gasteiger partial charge in [0.2, 0.25) is 0 Å². The molecule has 18 atom stereocenters. The summed E-state index contributed by atoms with van der Waals surface area (Å²) in [6.45, 7) is -8.91. The van der Waals surface area contributed by atoms with Gasteiger partial charge in [0.1, 0.15) is 0 Å². The van der Waals surface area contributed by atoms with Crippen molar-refractivity contribution in [3.63, 3.8) is 0 Å². The maximum absolute atomic E-state index is 13.5. The number of hydrogen-bond donors (Lipinski definition) is 6. The molecule has 12 aromatic rings. The summed E-state index contributed by atoms with van der Waals surface area (Å²) in [6, 6.07) is 45.4. The highest BCUT2D eigenvalue weighted by molar-refractivity contribution is 5.74. The molecule has 0 saturated heterocycles. The zero-order valence-electron chi connectivity index (χ0n) is 68.5. The predicted molar refractivity (Wildman–Crippen MR) is 446 cm³/mol. The second-order valence-corrected chi connectivity index (χ2v) is 36.9. The molecule has 12 heterocycles. The number of aromatic nitrogens is 12. The topological polar surface area (TPSA) is 228 Å². The van der Waals surface area contributed by atoms with Crippen LogP contribution in [0.4, 0.5) is 52.7 Å². The molecule has 6 N–H and O–H groups in total. The number of benzene rings is 6. The smallest absolute Gasteiger partial charge is 0.0981 e. The van der Waals surface area contributed by atoms with Gasteiger partial charge in [-0.05, 0) is 71.9 Å². The van der Waals surface area contributed by atoms with Crippen LogP contribution in [0.1, 0.15) is 108 Å². The Morgan fingerprint density at radius 1 is 0.214 bits per heavy atom. The highest BCUT2D eigenvalue weighted by Crippen LogP contribution is 2.65. The van der Waals surface area contributed by atoms with E-state index in [0.717, 1.165) is 101 Å². The third kappa shape index (κ3) is 12.6. The molecule has 0 bridgehead atoms. The maximum Gasteiger partial charge on any atom is 0.0981 e. The first-order valence-corrected chi connectivity index (χ1v) is 42.8.